The topological polar surface area (TPSA) is 55.3 Å². The fourth-order valence-corrected chi connectivity index (χ4v) is 4.01. The summed E-state index contributed by atoms with van der Waals surface area (Å²) in [6.07, 6.45) is 6.77. The van der Waals surface area contributed by atoms with E-state index in [-0.39, 0.29) is 5.69 Å². The molecule has 0 saturated carbocycles. The number of nitrogens with zero attached hydrogens (tertiary/aromatic N) is 3. The maximum atomic E-state index is 12.1. The second kappa shape index (κ2) is 8.82. The largest absolute Gasteiger partial charge is 0.455 e. The van der Waals surface area contributed by atoms with Gasteiger partial charge in [0.05, 0.1) is 18.1 Å². The first-order valence-electron chi connectivity index (χ1n) is 10.2. The Hall–Kier alpha value is -2.27. The van der Waals surface area contributed by atoms with Crippen LogP contribution in [-0.4, -0.2) is 39.0 Å². The van der Waals surface area contributed by atoms with Gasteiger partial charge >= 0.3 is 5.97 Å². The van der Waals surface area contributed by atoms with Crippen LogP contribution in [0.2, 0.25) is 0 Å². The highest BCUT2D eigenvalue weighted by Crippen LogP contribution is 2.34. The quantitative estimate of drug-likeness (QED) is 0.685. The lowest BCUT2D eigenvalue weighted by atomic mass is 9.87. The molecule has 0 amide bonds. The molecule has 0 aliphatic carbocycles. The van der Waals surface area contributed by atoms with Gasteiger partial charge in [0.15, 0.2) is 5.69 Å². The molecule has 1 aliphatic rings. The molecule has 2 heterocycles. The van der Waals surface area contributed by atoms with Gasteiger partial charge in [-0.25, -0.2) is 9.78 Å². The average Bonchev–Trinajstić information content (AvgIpc) is 3.10. The van der Waals surface area contributed by atoms with Crippen molar-refractivity contribution in [3.8, 4) is 0 Å². The lowest BCUT2D eigenvalue weighted by Crippen LogP contribution is -2.34. The molecule has 1 aromatic heterocycles. The molecule has 0 N–H and O–H groups in total. The number of carbonyl (C=O) groups is 1. The summed E-state index contributed by atoms with van der Waals surface area (Å²) >= 11 is 0. The molecule has 3 rings (SSSR count). The minimum Gasteiger partial charge on any atom is -0.455 e. The van der Waals surface area contributed by atoms with E-state index in [1.807, 2.05) is 20.8 Å². The van der Waals surface area contributed by atoms with Gasteiger partial charge in [-0.2, -0.15) is 0 Å². The van der Waals surface area contributed by atoms with Gasteiger partial charge in [0, 0.05) is 12.6 Å². The van der Waals surface area contributed by atoms with Crippen molar-refractivity contribution < 1.29 is 9.53 Å². The Morgan fingerprint density at radius 1 is 1.21 bits per heavy atom. The number of hydrogen-bond acceptors (Lipinski definition) is 5. The molecule has 5 nitrogen and oxygen atoms in total. The summed E-state index contributed by atoms with van der Waals surface area (Å²) in [4.78, 5) is 23.4. The first-order chi connectivity index (χ1) is 13.4. The van der Waals surface area contributed by atoms with E-state index in [0.29, 0.717) is 12.0 Å². The summed E-state index contributed by atoms with van der Waals surface area (Å²) in [5.74, 6) is 0.0958. The second-order valence-electron chi connectivity index (χ2n) is 8.50. The second-order valence-corrected chi connectivity index (χ2v) is 8.50. The molecule has 28 heavy (non-hydrogen) atoms. The van der Waals surface area contributed by atoms with Gasteiger partial charge in [-0.15, -0.1) is 0 Å². The molecule has 0 spiro atoms. The molecule has 5 heteroatoms. The van der Waals surface area contributed by atoms with E-state index in [0.717, 1.165) is 25.2 Å². The summed E-state index contributed by atoms with van der Waals surface area (Å²) in [6.45, 7) is 9.63. The Morgan fingerprint density at radius 2 is 1.96 bits per heavy atom. The molecule has 1 aliphatic heterocycles. The van der Waals surface area contributed by atoms with Crippen LogP contribution in [-0.2, 0) is 11.3 Å². The van der Waals surface area contributed by atoms with Gasteiger partial charge in [-0.05, 0) is 58.1 Å². The number of benzene rings is 1. The number of likely N-dealkylation sites (tertiary alicyclic amines) is 1. The van der Waals surface area contributed by atoms with Crippen molar-refractivity contribution in [1.29, 1.82) is 0 Å². The van der Waals surface area contributed by atoms with Crippen molar-refractivity contribution in [1.82, 2.24) is 14.9 Å². The van der Waals surface area contributed by atoms with Gasteiger partial charge in [0.25, 0.3) is 0 Å². The van der Waals surface area contributed by atoms with Gasteiger partial charge < -0.3 is 4.74 Å². The zero-order valence-electron chi connectivity index (χ0n) is 17.4. The van der Waals surface area contributed by atoms with E-state index in [1.165, 1.54) is 24.6 Å². The molecule has 150 valence electrons. The molecule has 1 fully saturated rings. The first-order valence-corrected chi connectivity index (χ1v) is 10.2. The highest BCUT2D eigenvalue weighted by Gasteiger charge is 2.32. The monoisotopic (exact) mass is 381 g/mol. The predicted molar refractivity (Wildman–Crippen MR) is 110 cm³/mol. The highest BCUT2D eigenvalue weighted by molar-refractivity contribution is 5.87. The third kappa shape index (κ3) is 5.16. The number of hydrogen-bond donors (Lipinski definition) is 0. The third-order valence-electron chi connectivity index (χ3n) is 5.22. The van der Waals surface area contributed by atoms with E-state index >= 15 is 0 Å². The highest BCUT2D eigenvalue weighted by atomic mass is 16.6. The van der Waals surface area contributed by atoms with Crippen molar-refractivity contribution in [3.63, 3.8) is 0 Å². The van der Waals surface area contributed by atoms with Crippen LogP contribution in [0.5, 0.6) is 0 Å². The standard InChI is InChI=1S/C23H31N3O2/c1-5-19(17-10-7-6-8-11-17)21-12-9-13-26(21)16-18-14-25-20(15-24-18)22(27)28-23(2,3)4/h6-8,10-11,14-15,19,21H,5,9,12-13,16H2,1-4H3. The normalized spacial score (nSPS) is 18.8. The lowest BCUT2D eigenvalue weighted by Gasteiger charge is -2.31. The van der Waals surface area contributed by atoms with E-state index in [2.05, 4.69) is 52.1 Å². The van der Waals surface area contributed by atoms with E-state index < -0.39 is 11.6 Å². The maximum absolute atomic E-state index is 12.1. The summed E-state index contributed by atoms with van der Waals surface area (Å²) in [5.41, 5.74) is 2.02. The molecular formula is C23H31N3O2. The molecule has 2 atom stereocenters. The molecular weight excluding hydrogens is 350 g/mol. The van der Waals surface area contributed by atoms with Crippen LogP contribution in [0, 0.1) is 0 Å². The Kier molecular flexibility index (Phi) is 6.45. The third-order valence-corrected chi connectivity index (χ3v) is 5.22. The summed E-state index contributed by atoms with van der Waals surface area (Å²) in [5, 5.41) is 0. The van der Waals surface area contributed by atoms with Crippen molar-refractivity contribution in [2.24, 2.45) is 0 Å². The Morgan fingerprint density at radius 3 is 2.57 bits per heavy atom. The fourth-order valence-electron chi connectivity index (χ4n) is 4.01. The predicted octanol–water partition coefficient (Wildman–Crippen LogP) is 4.59. The van der Waals surface area contributed by atoms with Crippen LogP contribution in [0.15, 0.2) is 42.7 Å². The molecule has 2 aromatic rings. The molecule has 2 unspecified atom stereocenters. The van der Waals surface area contributed by atoms with Crippen LogP contribution >= 0.6 is 0 Å². The fraction of sp³-hybridized carbons (Fsp3) is 0.522. The van der Waals surface area contributed by atoms with Gasteiger partial charge in [-0.1, -0.05) is 37.3 Å². The molecule has 0 bridgehead atoms. The summed E-state index contributed by atoms with van der Waals surface area (Å²) in [7, 11) is 0. The Bertz CT molecular complexity index is 769. The Balaban J connectivity index is 1.68. The lowest BCUT2D eigenvalue weighted by molar-refractivity contribution is 0.00622. The average molecular weight is 382 g/mol. The van der Waals surface area contributed by atoms with Crippen molar-refractivity contribution in [3.05, 3.63) is 59.7 Å². The van der Waals surface area contributed by atoms with Gasteiger partial charge in [0.1, 0.15) is 5.60 Å². The maximum Gasteiger partial charge on any atom is 0.359 e. The number of ether oxygens (including phenoxy) is 1. The molecule has 1 saturated heterocycles. The van der Waals surface area contributed by atoms with Crippen LogP contribution in [0.1, 0.15) is 74.6 Å². The summed E-state index contributed by atoms with van der Waals surface area (Å²) < 4.78 is 5.36. The van der Waals surface area contributed by atoms with Crippen LogP contribution in [0.25, 0.3) is 0 Å². The molecule has 1 aromatic carbocycles. The van der Waals surface area contributed by atoms with Crippen LogP contribution in [0.3, 0.4) is 0 Å². The first kappa shape index (κ1) is 20.5. The van der Waals surface area contributed by atoms with E-state index in [4.69, 9.17) is 4.74 Å². The zero-order valence-corrected chi connectivity index (χ0v) is 17.4. The van der Waals surface area contributed by atoms with Crippen molar-refractivity contribution in [2.75, 3.05) is 6.54 Å². The minimum atomic E-state index is -0.535. The summed E-state index contributed by atoms with van der Waals surface area (Å²) in [6, 6.07) is 11.3. The number of carbonyl (C=O) groups excluding carboxylic acids is 1. The number of aromatic nitrogens is 2. The zero-order chi connectivity index (χ0) is 20.1. The van der Waals surface area contributed by atoms with Gasteiger partial charge in [-0.3, -0.25) is 9.88 Å². The minimum absolute atomic E-state index is 0.257. The molecule has 0 radical (unpaired) electrons. The van der Waals surface area contributed by atoms with Crippen molar-refractivity contribution in [2.45, 2.75) is 71.1 Å². The number of rotatable bonds is 6. The van der Waals surface area contributed by atoms with E-state index in [1.54, 1.807) is 6.20 Å². The number of esters is 1. The van der Waals surface area contributed by atoms with Crippen LogP contribution < -0.4 is 0 Å². The van der Waals surface area contributed by atoms with Crippen molar-refractivity contribution >= 4 is 5.97 Å². The Labute approximate surface area is 168 Å². The van der Waals surface area contributed by atoms with Crippen LogP contribution in [0.4, 0.5) is 0 Å². The van der Waals surface area contributed by atoms with E-state index in [9.17, 15) is 4.79 Å². The SMILES string of the molecule is CCC(c1ccccc1)C1CCCN1Cc1cnc(C(=O)OC(C)(C)C)cn1. The van der Waals surface area contributed by atoms with Gasteiger partial charge in [0.2, 0.25) is 0 Å². The smallest absolute Gasteiger partial charge is 0.359 e.